The summed E-state index contributed by atoms with van der Waals surface area (Å²) >= 11 is 0. The van der Waals surface area contributed by atoms with Crippen molar-refractivity contribution < 1.29 is 9.21 Å². The van der Waals surface area contributed by atoms with Crippen LogP contribution in [0.1, 0.15) is 40.6 Å². The van der Waals surface area contributed by atoms with E-state index in [9.17, 15) is 4.79 Å². The smallest absolute Gasteiger partial charge is 0.271 e. The molecule has 3 heterocycles. The van der Waals surface area contributed by atoms with E-state index in [4.69, 9.17) is 4.42 Å². The average Bonchev–Trinajstić information content (AvgIpc) is 3.24. The van der Waals surface area contributed by atoms with Gasteiger partial charge in [-0.1, -0.05) is 0 Å². The highest BCUT2D eigenvalue weighted by atomic mass is 16.3. The summed E-state index contributed by atoms with van der Waals surface area (Å²) < 4.78 is 7.43. The maximum Gasteiger partial charge on any atom is 0.271 e. The van der Waals surface area contributed by atoms with Crippen molar-refractivity contribution in [2.24, 2.45) is 0 Å². The number of aromatic nitrogens is 4. The van der Waals surface area contributed by atoms with E-state index in [1.54, 1.807) is 6.07 Å². The number of furan rings is 1. The van der Waals surface area contributed by atoms with E-state index in [0.717, 1.165) is 17.1 Å². The Labute approximate surface area is 140 Å². The third-order valence-electron chi connectivity index (χ3n) is 3.84. The van der Waals surface area contributed by atoms with Crippen molar-refractivity contribution >= 4 is 5.91 Å². The highest BCUT2D eigenvalue weighted by Crippen LogP contribution is 2.20. The predicted molar refractivity (Wildman–Crippen MR) is 89.8 cm³/mol. The first-order valence-corrected chi connectivity index (χ1v) is 7.87. The monoisotopic (exact) mass is 327 g/mol. The van der Waals surface area contributed by atoms with Crippen molar-refractivity contribution in [3.63, 3.8) is 0 Å². The molecule has 7 nitrogen and oxygen atoms in total. The van der Waals surface area contributed by atoms with Gasteiger partial charge in [-0.15, -0.1) is 0 Å². The Bertz CT molecular complexity index is 858. The lowest BCUT2D eigenvalue weighted by Crippen LogP contribution is -2.30. The topological polar surface area (TPSA) is 88.7 Å². The van der Waals surface area contributed by atoms with E-state index < -0.39 is 0 Å². The van der Waals surface area contributed by atoms with Crippen LogP contribution in [0.4, 0.5) is 0 Å². The summed E-state index contributed by atoms with van der Waals surface area (Å²) in [5, 5.41) is 14.2. The quantitative estimate of drug-likeness (QED) is 0.754. The molecule has 0 fully saturated rings. The van der Waals surface area contributed by atoms with Gasteiger partial charge in [0, 0.05) is 18.3 Å². The van der Waals surface area contributed by atoms with Gasteiger partial charge in [-0.2, -0.15) is 10.2 Å². The fraction of sp³-hybridized carbons (Fsp3) is 0.353. The third-order valence-corrected chi connectivity index (χ3v) is 3.84. The maximum absolute atomic E-state index is 12.3. The van der Waals surface area contributed by atoms with Crippen LogP contribution in [0.15, 0.2) is 28.7 Å². The van der Waals surface area contributed by atoms with Crippen molar-refractivity contribution in [3.05, 3.63) is 47.1 Å². The van der Waals surface area contributed by atoms with Gasteiger partial charge in [-0.25, -0.2) is 0 Å². The number of aromatic amines is 1. The molecule has 0 spiro atoms. The van der Waals surface area contributed by atoms with Crippen LogP contribution in [0.2, 0.25) is 0 Å². The molecule has 0 saturated heterocycles. The minimum absolute atomic E-state index is 0.0637. The van der Waals surface area contributed by atoms with E-state index >= 15 is 0 Å². The Morgan fingerprint density at radius 2 is 2.12 bits per heavy atom. The van der Waals surface area contributed by atoms with Gasteiger partial charge in [0.15, 0.2) is 11.5 Å². The third kappa shape index (κ3) is 3.24. The summed E-state index contributed by atoms with van der Waals surface area (Å²) in [5.41, 5.74) is 3.06. The number of H-pyrrole nitrogens is 1. The predicted octanol–water partition coefficient (Wildman–Crippen LogP) is 2.78. The summed E-state index contributed by atoms with van der Waals surface area (Å²) in [5.74, 6) is 1.24. The van der Waals surface area contributed by atoms with Crippen LogP contribution < -0.4 is 5.32 Å². The number of rotatable bonds is 5. The highest BCUT2D eigenvalue weighted by molar-refractivity contribution is 5.93. The fourth-order valence-corrected chi connectivity index (χ4v) is 2.65. The molecule has 0 aliphatic rings. The van der Waals surface area contributed by atoms with Crippen LogP contribution in [-0.4, -0.2) is 32.4 Å². The minimum Gasteiger partial charge on any atom is -0.460 e. The number of aryl methyl sites for hydroxylation is 3. The minimum atomic E-state index is -0.228. The molecule has 0 aliphatic heterocycles. The van der Waals surface area contributed by atoms with Crippen LogP contribution in [-0.2, 0) is 0 Å². The number of amides is 1. The first-order chi connectivity index (χ1) is 11.4. The molecule has 126 valence electrons. The van der Waals surface area contributed by atoms with Gasteiger partial charge < -0.3 is 9.73 Å². The van der Waals surface area contributed by atoms with Gasteiger partial charge >= 0.3 is 0 Å². The molecule has 0 aliphatic carbocycles. The Hall–Kier alpha value is -2.83. The van der Waals surface area contributed by atoms with E-state index in [-0.39, 0.29) is 11.9 Å². The van der Waals surface area contributed by atoms with E-state index in [1.807, 2.05) is 50.6 Å². The molecule has 0 aromatic carbocycles. The summed E-state index contributed by atoms with van der Waals surface area (Å²) in [6.45, 7) is 8.32. The largest absolute Gasteiger partial charge is 0.460 e. The van der Waals surface area contributed by atoms with Crippen LogP contribution in [0.3, 0.4) is 0 Å². The summed E-state index contributed by atoms with van der Waals surface area (Å²) in [7, 11) is 0. The zero-order chi connectivity index (χ0) is 17.3. The molecule has 1 amide bonds. The van der Waals surface area contributed by atoms with Gasteiger partial charge in [-0.05, 0) is 45.9 Å². The molecule has 3 aromatic heterocycles. The molecule has 7 heteroatoms. The molecule has 0 radical (unpaired) electrons. The highest BCUT2D eigenvalue weighted by Gasteiger charge is 2.15. The SMILES string of the molecule is Cc1cc(C)n([C@H](C)CNC(=O)c2cc(-c3ccc(C)o3)[nH]n2)n1. The zero-order valence-corrected chi connectivity index (χ0v) is 14.3. The molecule has 2 N–H and O–H groups in total. The second kappa shape index (κ2) is 6.35. The first kappa shape index (κ1) is 16.0. The fourth-order valence-electron chi connectivity index (χ4n) is 2.65. The van der Waals surface area contributed by atoms with Crippen molar-refractivity contribution in [2.45, 2.75) is 33.7 Å². The summed E-state index contributed by atoms with van der Waals surface area (Å²) in [4.78, 5) is 12.3. The standard InChI is InChI=1S/C17H21N5O2/c1-10-7-11(2)22(21-10)12(3)9-18-17(23)15-8-14(19-20-15)16-6-5-13(4)24-16/h5-8,12H,9H2,1-4H3,(H,18,23)(H,19,20)/t12-/m1/s1. The molecular weight excluding hydrogens is 306 g/mol. The Morgan fingerprint density at radius 3 is 2.75 bits per heavy atom. The number of hydrogen-bond donors (Lipinski definition) is 2. The normalized spacial score (nSPS) is 12.3. The zero-order valence-electron chi connectivity index (χ0n) is 14.3. The summed E-state index contributed by atoms with van der Waals surface area (Å²) in [6, 6.07) is 7.47. The van der Waals surface area contributed by atoms with Crippen LogP contribution in [0.5, 0.6) is 0 Å². The number of hydrogen-bond acceptors (Lipinski definition) is 4. The van der Waals surface area contributed by atoms with E-state index in [1.165, 1.54) is 0 Å². The molecule has 3 aromatic rings. The second-order valence-corrected chi connectivity index (χ2v) is 6.01. The first-order valence-electron chi connectivity index (χ1n) is 7.87. The van der Waals surface area contributed by atoms with Gasteiger partial charge in [0.2, 0.25) is 0 Å². The van der Waals surface area contributed by atoms with E-state index in [2.05, 4.69) is 20.6 Å². The molecule has 1 atom stereocenters. The lowest BCUT2D eigenvalue weighted by atomic mass is 10.2. The lowest BCUT2D eigenvalue weighted by molar-refractivity contribution is 0.0942. The molecular formula is C17H21N5O2. The van der Waals surface area contributed by atoms with Crippen molar-refractivity contribution in [1.29, 1.82) is 0 Å². The van der Waals surface area contributed by atoms with Gasteiger partial charge in [-0.3, -0.25) is 14.6 Å². The molecule has 24 heavy (non-hydrogen) atoms. The van der Waals surface area contributed by atoms with Crippen LogP contribution >= 0.6 is 0 Å². The van der Waals surface area contributed by atoms with Crippen LogP contribution in [0, 0.1) is 20.8 Å². The van der Waals surface area contributed by atoms with Gasteiger partial charge in [0.05, 0.1) is 11.7 Å². The van der Waals surface area contributed by atoms with Crippen molar-refractivity contribution in [3.8, 4) is 11.5 Å². The number of carbonyl (C=O) groups is 1. The Balaban J connectivity index is 1.63. The second-order valence-electron chi connectivity index (χ2n) is 6.01. The number of nitrogens with zero attached hydrogens (tertiary/aromatic N) is 3. The summed E-state index contributed by atoms with van der Waals surface area (Å²) in [6.07, 6.45) is 0. The van der Waals surface area contributed by atoms with Gasteiger partial charge in [0.25, 0.3) is 5.91 Å². The average molecular weight is 327 g/mol. The Morgan fingerprint density at radius 1 is 1.33 bits per heavy atom. The Kier molecular flexibility index (Phi) is 4.24. The maximum atomic E-state index is 12.3. The lowest BCUT2D eigenvalue weighted by Gasteiger charge is -2.14. The van der Waals surface area contributed by atoms with E-state index in [0.29, 0.717) is 23.7 Å². The molecule has 0 unspecified atom stereocenters. The molecule has 0 saturated carbocycles. The van der Waals surface area contributed by atoms with Gasteiger partial charge in [0.1, 0.15) is 11.5 Å². The van der Waals surface area contributed by atoms with Crippen molar-refractivity contribution in [1.82, 2.24) is 25.3 Å². The molecule has 3 rings (SSSR count). The number of carbonyl (C=O) groups excluding carboxylic acids is 1. The molecule has 0 bridgehead atoms. The van der Waals surface area contributed by atoms with Crippen LogP contribution in [0.25, 0.3) is 11.5 Å². The van der Waals surface area contributed by atoms with Crippen molar-refractivity contribution in [2.75, 3.05) is 6.54 Å². The number of nitrogens with one attached hydrogen (secondary N) is 2.